The first kappa shape index (κ1) is 28.8. The van der Waals surface area contributed by atoms with Crippen molar-refractivity contribution in [2.75, 3.05) is 37.6 Å². The first-order chi connectivity index (χ1) is 20.8. The van der Waals surface area contributed by atoms with Gasteiger partial charge in [-0.25, -0.2) is 9.18 Å². The summed E-state index contributed by atoms with van der Waals surface area (Å²) in [7, 11) is 0. The first-order valence-corrected chi connectivity index (χ1v) is 14.8. The van der Waals surface area contributed by atoms with E-state index in [4.69, 9.17) is 4.74 Å². The Hall–Kier alpha value is -4.32. The second kappa shape index (κ2) is 12.1. The molecule has 0 aromatic heterocycles. The highest BCUT2D eigenvalue weighted by Crippen LogP contribution is 2.35. The predicted molar refractivity (Wildman–Crippen MR) is 153 cm³/mol. The number of hydrogen-bond donors (Lipinski definition) is 2. The summed E-state index contributed by atoms with van der Waals surface area (Å²) >= 11 is 0. The monoisotopic (exact) mass is 591 g/mol. The summed E-state index contributed by atoms with van der Waals surface area (Å²) in [4.78, 5) is 67.3. The maximum absolute atomic E-state index is 15.8. The number of nitrogens with zero attached hydrogens (tertiary/aromatic N) is 3. The third-order valence-corrected chi connectivity index (χ3v) is 8.79. The van der Waals surface area contributed by atoms with Crippen molar-refractivity contribution >= 4 is 35.4 Å². The molecule has 0 saturated carbocycles. The number of amides is 5. The van der Waals surface area contributed by atoms with Crippen LogP contribution in [0.2, 0.25) is 0 Å². The second-order valence-electron chi connectivity index (χ2n) is 11.7. The Morgan fingerprint density at radius 2 is 1.72 bits per heavy atom. The molecule has 0 bridgehead atoms. The minimum absolute atomic E-state index is 0.00217. The maximum atomic E-state index is 15.8. The number of imide groups is 2. The van der Waals surface area contributed by atoms with Crippen LogP contribution in [0.1, 0.15) is 58.4 Å². The number of fused-ring (bicyclic) bond motifs is 1. The van der Waals surface area contributed by atoms with Crippen molar-refractivity contribution in [2.45, 2.75) is 50.8 Å². The molecule has 12 heteroatoms. The average Bonchev–Trinajstić information content (AvgIpc) is 3.56. The van der Waals surface area contributed by atoms with Gasteiger partial charge < -0.3 is 19.9 Å². The van der Waals surface area contributed by atoms with E-state index in [0.717, 1.165) is 49.4 Å². The van der Waals surface area contributed by atoms with E-state index in [1.165, 1.54) is 12.1 Å². The third-order valence-electron chi connectivity index (χ3n) is 8.79. The molecule has 226 valence electrons. The van der Waals surface area contributed by atoms with Crippen molar-refractivity contribution in [3.8, 4) is 0 Å². The van der Waals surface area contributed by atoms with Crippen molar-refractivity contribution in [1.82, 2.24) is 20.4 Å². The highest BCUT2D eigenvalue weighted by Gasteiger charge is 2.46. The molecule has 43 heavy (non-hydrogen) atoms. The lowest BCUT2D eigenvalue weighted by molar-refractivity contribution is -0.136. The van der Waals surface area contributed by atoms with Gasteiger partial charge in [-0.15, -0.1) is 0 Å². The Bertz CT molecular complexity index is 1440. The highest BCUT2D eigenvalue weighted by atomic mass is 19.1. The number of rotatable bonds is 7. The lowest BCUT2D eigenvalue weighted by atomic mass is 10.0. The van der Waals surface area contributed by atoms with Crippen molar-refractivity contribution < 1.29 is 33.1 Å². The largest absolute Gasteiger partial charge is 0.445 e. The minimum atomic E-state index is -1.14. The van der Waals surface area contributed by atoms with E-state index in [9.17, 15) is 24.0 Å². The molecule has 3 saturated heterocycles. The summed E-state index contributed by atoms with van der Waals surface area (Å²) in [6.07, 6.45) is 2.10. The quantitative estimate of drug-likeness (QED) is 0.470. The van der Waals surface area contributed by atoms with Gasteiger partial charge in [-0.05, 0) is 49.3 Å². The zero-order valence-electron chi connectivity index (χ0n) is 23.7. The molecule has 2 N–H and O–H groups in total. The zero-order valence-corrected chi connectivity index (χ0v) is 23.7. The van der Waals surface area contributed by atoms with Crippen LogP contribution in [-0.4, -0.2) is 84.3 Å². The van der Waals surface area contributed by atoms with E-state index in [0.29, 0.717) is 19.0 Å². The Morgan fingerprint density at radius 3 is 2.47 bits per heavy atom. The van der Waals surface area contributed by atoms with Crippen LogP contribution in [0.3, 0.4) is 0 Å². The molecule has 1 unspecified atom stereocenters. The number of piperidine rings is 2. The number of halogens is 1. The lowest BCUT2D eigenvalue weighted by Crippen LogP contribution is -2.54. The van der Waals surface area contributed by atoms with Gasteiger partial charge in [0.1, 0.15) is 12.6 Å². The fourth-order valence-corrected chi connectivity index (χ4v) is 6.51. The van der Waals surface area contributed by atoms with Gasteiger partial charge in [-0.2, -0.15) is 0 Å². The van der Waals surface area contributed by atoms with Crippen LogP contribution >= 0.6 is 0 Å². The maximum Gasteiger partial charge on any atom is 0.407 e. The van der Waals surface area contributed by atoms with Crippen molar-refractivity contribution in [2.24, 2.45) is 5.92 Å². The Labute approximate surface area is 248 Å². The molecule has 5 amide bonds. The molecule has 4 heterocycles. The van der Waals surface area contributed by atoms with Crippen molar-refractivity contribution in [3.63, 3.8) is 0 Å². The molecule has 2 aromatic carbocycles. The van der Waals surface area contributed by atoms with Crippen molar-refractivity contribution in [1.29, 1.82) is 0 Å². The molecule has 0 spiro atoms. The SMILES string of the molecule is O=C1CCC(N2C(=O)c3ccc(N4CC[C@@H](CN5CCC(NC(=O)OCc6ccccc6)CC5)C4)c(F)c3C2=O)C(=O)N1. The topological polar surface area (TPSA) is 128 Å². The van der Waals surface area contributed by atoms with Gasteiger partial charge in [0.05, 0.1) is 16.8 Å². The molecule has 0 radical (unpaired) electrons. The number of benzene rings is 2. The summed E-state index contributed by atoms with van der Waals surface area (Å²) in [6.45, 7) is 3.97. The number of ether oxygens (including phenoxy) is 1. The van der Waals surface area contributed by atoms with Gasteiger partial charge in [0.15, 0.2) is 5.82 Å². The van der Waals surface area contributed by atoms with Gasteiger partial charge in [-0.1, -0.05) is 30.3 Å². The third kappa shape index (κ3) is 5.96. The standard InChI is InChI=1S/C31H34FN5O6/c32-27-23(7-6-22-26(27)30(41)37(29(22)40)24-8-9-25(38)34-28(24)39)36-15-10-20(17-36)16-35-13-11-21(12-14-35)33-31(42)43-18-19-4-2-1-3-5-19/h1-7,20-21,24H,8-18H2,(H,33,42)(H,34,38,39)/t20-,24?/m0/s1. The van der Waals surface area contributed by atoms with Gasteiger partial charge >= 0.3 is 6.09 Å². The van der Waals surface area contributed by atoms with Crippen LogP contribution in [0.5, 0.6) is 0 Å². The number of carbonyl (C=O) groups excluding carboxylic acids is 5. The van der Waals surface area contributed by atoms with Crippen LogP contribution in [0, 0.1) is 11.7 Å². The summed E-state index contributed by atoms with van der Waals surface area (Å²) < 4.78 is 21.1. The molecule has 0 aliphatic carbocycles. The van der Waals surface area contributed by atoms with E-state index >= 15 is 4.39 Å². The van der Waals surface area contributed by atoms with Crippen LogP contribution in [-0.2, 0) is 20.9 Å². The number of likely N-dealkylation sites (tertiary alicyclic amines) is 1. The Morgan fingerprint density at radius 1 is 0.953 bits per heavy atom. The molecule has 11 nitrogen and oxygen atoms in total. The normalized spacial score (nSPS) is 23.0. The van der Waals surface area contributed by atoms with Crippen LogP contribution < -0.4 is 15.5 Å². The smallest absolute Gasteiger partial charge is 0.407 e. The highest BCUT2D eigenvalue weighted by molar-refractivity contribution is 6.24. The summed E-state index contributed by atoms with van der Waals surface area (Å²) in [5.74, 6) is -3.21. The van der Waals surface area contributed by atoms with E-state index in [1.807, 2.05) is 35.2 Å². The van der Waals surface area contributed by atoms with E-state index in [1.54, 1.807) is 0 Å². The molecule has 3 fully saturated rings. The number of hydrogen-bond acceptors (Lipinski definition) is 8. The number of alkyl carbamates (subject to hydrolysis) is 1. The summed E-state index contributed by atoms with van der Waals surface area (Å²) in [5, 5.41) is 5.11. The molecule has 6 rings (SSSR count). The van der Waals surface area contributed by atoms with Gasteiger partial charge in [0, 0.05) is 45.2 Å². The minimum Gasteiger partial charge on any atom is -0.445 e. The molecule has 4 aliphatic heterocycles. The first-order valence-electron chi connectivity index (χ1n) is 14.8. The van der Waals surface area contributed by atoms with E-state index in [2.05, 4.69) is 15.5 Å². The second-order valence-corrected chi connectivity index (χ2v) is 11.7. The van der Waals surface area contributed by atoms with Crippen molar-refractivity contribution in [3.05, 3.63) is 65.0 Å². The number of anilines is 1. The number of carbonyl (C=O) groups is 5. The van der Waals surface area contributed by atoms with Gasteiger partial charge in [0.25, 0.3) is 11.8 Å². The molecular formula is C31H34FN5O6. The lowest BCUT2D eigenvalue weighted by Gasteiger charge is -2.33. The van der Waals surface area contributed by atoms with Gasteiger partial charge in [0.2, 0.25) is 11.8 Å². The predicted octanol–water partition coefficient (Wildman–Crippen LogP) is 2.44. The fraction of sp³-hybridized carbons (Fsp3) is 0.452. The molecule has 2 atom stereocenters. The van der Waals surface area contributed by atoms with E-state index < -0.39 is 41.6 Å². The van der Waals surface area contributed by atoms with Gasteiger partial charge in [-0.3, -0.25) is 29.4 Å². The average molecular weight is 592 g/mol. The van der Waals surface area contributed by atoms with Crippen LogP contribution in [0.25, 0.3) is 0 Å². The summed E-state index contributed by atoms with van der Waals surface area (Å²) in [6, 6.07) is 11.4. The molecule has 4 aliphatic rings. The zero-order chi connectivity index (χ0) is 30.1. The molecular weight excluding hydrogens is 557 g/mol. The molecule has 2 aromatic rings. The van der Waals surface area contributed by atoms with E-state index in [-0.39, 0.29) is 42.3 Å². The number of nitrogens with one attached hydrogen (secondary N) is 2. The Balaban J connectivity index is 1.00. The Kier molecular flexibility index (Phi) is 8.11. The van der Waals surface area contributed by atoms with Crippen LogP contribution in [0.4, 0.5) is 14.9 Å². The summed E-state index contributed by atoms with van der Waals surface area (Å²) in [5.41, 5.74) is 0.830. The van der Waals surface area contributed by atoms with Crippen LogP contribution in [0.15, 0.2) is 42.5 Å². The fourth-order valence-electron chi connectivity index (χ4n) is 6.51.